The molecule has 1 aromatic carbocycles. The average Bonchev–Trinajstić information content (AvgIpc) is 2.91. The average molecular weight is 271 g/mol. The molecular weight excluding hydrogens is 250 g/mol. The minimum Gasteiger partial charge on any atom is -0.302 e. The van der Waals surface area contributed by atoms with E-state index in [2.05, 4.69) is 55.7 Å². The first-order valence-electron chi connectivity index (χ1n) is 7.08. The molecule has 0 spiro atoms. The van der Waals surface area contributed by atoms with Crippen LogP contribution in [0.25, 0.3) is 0 Å². The fourth-order valence-electron chi connectivity index (χ4n) is 3.15. The molecule has 0 saturated carbocycles. The van der Waals surface area contributed by atoms with E-state index in [1.807, 2.05) is 11.3 Å². The molecule has 100 valence electrons. The number of fused-ring (bicyclic) bond motifs is 1. The van der Waals surface area contributed by atoms with Gasteiger partial charge in [-0.3, -0.25) is 0 Å². The summed E-state index contributed by atoms with van der Waals surface area (Å²) in [5, 5.41) is 6.00. The van der Waals surface area contributed by atoms with E-state index in [0.717, 1.165) is 0 Å². The van der Waals surface area contributed by atoms with Crippen LogP contribution in [0.5, 0.6) is 0 Å². The van der Waals surface area contributed by atoms with Crippen molar-refractivity contribution in [2.24, 2.45) is 0 Å². The summed E-state index contributed by atoms with van der Waals surface area (Å²) in [6.45, 7) is 6.73. The first-order chi connectivity index (χ1) is 9.19. The Kier molecular flexibility index (Phi) is 3.46. The molecule has 0 radical (unpaired) electrons. The van der Waals surface area contributed by atoms with E-state index in [-0.39, 0.29) is 0 Å². The Morgan fingerprint density at radius 1 is 1.32 bits per heavy atom. The Morgan fingerprint density at radius 3 is 2.84 bits per heavy atom. The van der Waals surface area contributed by atoms with Gasteiger partial charge in [-0.15, -0.1) is 11.3 Å². The van der Waals surface area contributed by atoms with Gasteiger partial charge in [-0.25, -0.2) is 0 Å². The third-order valence-electron chi connectivity index (χ3n) is 4.14. The second-order valence-corrected chi connectivity index (χ2v) is 6.55. The van der Waals surface area contributed by atoms with Crippen molar-refractivity contribution >= 4 is 11.3 Å². The van der Waals surface area contributed by atoms with Crippen LogP contribution in [-0.4, -0.2) is 6.04 Å². The Bertz CT molecular complexity index is 571. The van der Waals surface area contributed by atoms with Gasteiger partial charge in [0.15, 0.2) is 0 Å². The summed E-state index contributed by atoms with van der Waals surface area (Å²) in [5.74, 6) is 0. The van der Waals surface area contributed by atoms with Gasteiger partial charge in [0.1, 0.15) is 0 Å². The molecule has 3 rings (SSSR count). The number of hydrogen-bond donors (Lipinski definition) is 1. The van der Waals surface area contributed by atoms with Crippen LogP contribution in [0.3, 0.4) is 0 Å². The van der Waals surface area contributed by atoms with Gasteiger partial charge >= 0.3 is 0 Å². The highest BCUT2D eigenvalue weighted by Gasteiger charge is 2.28. The fraction of sp³-hybridized carbons (Fsp3) is 0.412. The van der Waals surface area contributed by atoms with E-state index < -0.39 is 0 Å². The zero-order valence-corrected chi connectivity index (χ0v) is 12.7. The lowest BCUT2D eigenvalue weighted by Crippen LogP contribution is -2.39. The lowest BCUT2D eigenvalue weighted by molar-refractivity contribution is 0.429. The summed E-state index contributed by atoms with van der Waals surface area (Å²) in [6.07, 6.45) is 2.36. The zero-order chi connectivity index (χ0) is 13.4. The van der Waals surface area contributed by atoms with Crippen molar-refractivity contribution in [3.63, 3.8) is 0 Å². The maximum absolute atomic E-state index is 3.83. The summed E-state index contributed by atoms with van der Waals surface area (Å²) in [5.41, 5.74) is 5.88. The van der Waals surface area contributed by atoms with Crippen LogP contribution in [0.1, 0.15) is 46.5 Å². The smallest absolute Gasteiger partial charge is 0.0676 e. The van der Waals surface area contributed by atoms with Gasteiger partial charge in [0.05, 0.1) is 6.04 Å². The van der Waals surface area contributed by atoms with E-state index >= 15 is 0 Å². The molecule has 0 saturated heterocycles. The van der Waals surface area contributed by atoms with E-state index in [1.165, 1.54) is 34.4 Å². The molecule has 2 aromatic rings. The molecule has 1 aliphatic rings. The lowest BCUT2D eigenvalue weighted by atomic mass is 9.85. The molecule has 0 aliphatic carbocycles. The minimum atomic E-state index is 0.382. The zero-order valence-electron chi connectivity index (χ0n) is 11.9. The van der Waals surface area contributed by atoms with Crippen LogP contribution in [0.4, 0.5) is 0 Å². The van der Waals surface area contributed by atoms with Gasteiger partial charge in [-0.05, 0) is 54.8 Å². The molecule has 2 unspecified atom stereocenters. The second kappa shape index (κ2) is 5.10. The highest BCUT2D eigenvalue weighted by Crippen LogP contribution is 2.35. The SMILES string of the molecule is CCC1Cc2c(C)cc(C)cc2C(c2cccs2)N1. The Balaban J connectivity index is 2.12. The van der Waals surface area contributed by atoms with Crippen LogP contribution < -0.4 is 5.32 Å². The van der Waals surface area contributed by atoms with Crippen molar-refractivity contribution in [2.45, 2.75) is 45.7 Å². The van der Waals surface area contributed by atoms with Crippen LogP contribution in [0.2, 0.25) is 0 Å². The summed E-state index contributed by atoms with van der Waals surface area (Å²) < 4.78 is 0. The van der Waals surface area contributed by atoms with Crippen molar-refractivity contribution < 1.29 is 0 Å². The molecule has 0 amide bonds. The minimum absolute atomic E-state index is 0.382. The van der Waals surface area contributed by atoms with Crippen molar-refractivity contribution in [3.05, 3.63) is 56.8 Å². The standard InChI is InChI=1S/C17H21NS/c1-4-13-10-14-12(3)8-11(2)9-15(14)17(18-13)16-6-5-7-19-16/h5-9,13,17-18H,4,10H2,1-3H3. The molecule has 1 nitrogen and oxygen atoms in total. The van der Waals surface area contributed by atoms with Crippen LogP contribution in [-0.2, 0) is 6.42 Å². The van der Waals surface area contributed by atoms with Crippen molar-refractivity contribution in [1.29, 1.82) is 0 Å². The molecule has 0 fully saturated rings. The Morgan fingerprint density at radius 2 is 2.16 bits per heavy atom. The molecule has 2 heterocycles. The van der Waals surface area contributed by atoms with Gasteiger partial charge in [0.25, 0.3) is 0 Å². The summed E-state index contributed by atoms with van der Waals surface area (Å²) >= 11 is 1.85. The lowest BCUT2D eigenvalue weighted by Gasteiger charge is -2.34. The monoisotopic (exact) mass is 271 g/mol. The second-order valence-electron chi connectivity index (χ2n) is 5.57. The van der Waals surface area contributed by atoms with Crippen molar-refractivity contribution in [3.8, 4) is 0 Å². The fourth-order valence-corrected chi connectivity index (χ4v) is 3.95. The third-order valence-corrected chi connectivity index (χ3v) is 5.07. The quantitative estimate of drug-likeness (QED) is 0.854. The number of nitrogens with one attached hydrogen (secondary N) is 1. The van der Waals surface area contributed by atoms with E-state index in [4.69, 9.17) is 0 Å². The highest BCUT2D eigenvalue weighted by atomic mass is 32.1. The Labute approximate surface area is 119 Å². The predicted molar refractivity (Wildman–Crippen MR) is 83.0 cm³/mol. The van der Waals surface area contributed by atoms with Crippen molar-refractivity contribution in [1.82, 2.24) is 5.32 Å². The number of benzene rings is 1. The molecule has 1 N–H and O–H groups in total. The number of hydrogen-bond acceptors (Lipinski definition) is 2. The van der Waals surface area contributed by atoms with E-state index in [9.17, 15) is 0 Å². The van der Waals surface area contributed by atoms with Gasteiger partial charge in [-0.1, -0.05) is 30.7 Å². The predicted octanol–water partition coefficient (Wildman–Crippen LogP) is 4.38. The maximum Gasteiger partial charge on any atom is 0.0676 e. The normalized spacial score (nSPS) is 22.3. The number of aryl methyl sites for hydroxylation is 2. The van der Waals surface area contributed by atoms with E-state index in [1.54, 1.807) is 5.56 Å². The molecule has 1 aliphatic heterocycles. The maximum atomic E-state index is 3.83. The molecular formula is C17H21NS. The summed E-state index contributed by atoms with van der Waals surface area (Å²) in [7, 11) is 0. The van der Waals surface area contributed by atoms with Crippen LogP contribution in [0.15, 0.2) is 29.6 Å². The molecule has 0 bridgehead atoms. The van der Waals surface area contributed by atoms with Gasteiger partial charge in [0, 0.05) is 10.9 Å². The molecule has 2 atom stereocenters. The first-order valence-corrected chi connectivity index (χ1v) is 7.96. The topological polar surface area (TPSA) is 12.0 Å². The molecule has 1 aromatic heterocycles. The van der Waals surface area contributed by atoms with E-state index in [0.29, 0.717) is 12.1 Å². The van der Waals surface area contributed by atoms with Crippen molar-refractivity contribution in [2.75, 3.05) is 0 Å². The van der Waals surface area contributed by atoms with Gasteiger partial charge in [0.2, 0.25) is 0 Å². The first kappa shape index (κ1) is 12.9. The van der Waals surface area contributed by atoms with Crippen LogP contribution in [0, 0.1) is 13.8 Å². The number of rotatable bonds is 2. The van der Waals surface area contributed by atoms with Gasteiger partial charge in [-0.2, -0.15) is 0 Å². The molecule has 19 heavy (non-hydrogen) atoms. The molecule has 2 heteroatoms. The third kappa shape index (κ3) is 2.35. The summed E-state index contributed by atoms with van der Waals surface area (Å²) in [6, 6.07) is 10.1. The summed E-state index contributed by atoms with van der Waals surface area (Å²) in [4.78, 5) is 1.43. The van der Waals surface area contributed by atoms with Gasteiger partial charge < -0.3 is 5.32 Å². The number of thiophene rings is 1. The Hall–Kier alpha value is -1.12. The van der Waals surface area contributed by atoms with Crippen LogP contribution >= 0.6 is 11.3 Å². The highest BCUT2D eigenvalue weighted by molar-refractivity contribution is 7.10. The largest absolute Gasteiger partial charge is 0.302 e.